The Morgan fingerprint density at radius 1 is 1.05 bits per heavy atom. The molecule has 224 valence electrons. The van der Waals surface area contributed by atoms with E-state index in [1.54, 1.807) is 31.2 Å². The van der Waals surface area contributed by atoms with Crippen LogP contribution < -0.4 is 14.4 Å². The van der Waals surface area contributed by atoms with Gasteiger partial charge in [0.1, 0.15) is 17.3 Å². The van der Waals surface area contributed by atoms with Crippen molar-refractivity contribution < 1.29 is 35.5 Å². The van der Waals surface area contributed by atoms with Crippen molar-refractivity contribution in [2.75, 3.05) is 11.4 Å². The van der Waals surface area contributed by atoms with Gasteiger partial charge >= 0.3 is 6.36 Å². The van der Waals surface area contributed by atoms with E-state index < -0.39 is 33.9 Å². The van der Waals surface area contributed by atoms with Gasteiger partial charge in [-0.3, -0.25) is 4.79 Å². The van der Waals surface area contributed by atoms with Crippen LogP contribution in [0.2, 0.25) is 0 Å². The molecule has 0 aliphatic carbocycles. The summed E-state index contributed by atoms with van der Waals surface area (Å²) in [7, 11) is -4.17. The van der Waals surface area contributed by atoms with Crippen molar-refractivity contribution in [3.8, 4) is 11.8 Å². The number of hydrogen-bond donors (Lipinski definition) is 1. The van der Waals surface area contributed by atoms with E-state index >= 15 is 0 Å². The summed E-state index contributed by atoms with van der Waals surface area (Å²) in [5.41, 5.74) is 2.09. The third-order valence-corrected chi connectivity index (χ3v) is 8.29. The molecule has 0 saturated heterocycles. The highest BCUT2D eigenvalue weighted by Gasteiger charge is 2.31. The van der Waals surface area contributed by atoms with Crippen molar-refractivity contribution in [3.63, 3.8) is 0 Å². The number of carbonyl (C=O) groups is 1. The SMILES string of the molecule is Cc1sc(N(CCc2ccc(C#N)cc2)Cc2ccc(OC(F)(F)F)cc2)nc1C(=O)NS(=O)(=O)Cc1cccc(F)c1. The molecule has 0 saturated carbocycles. The summed E-state index contributed by atoms with van der Waals surface area (Å²) in [6, 6.07) is 19.4. The number of alkyl halides is 3. The molecule has 0 atom stereocenters. The third kappa shape index (κ3) is 9.25. The standard InChI is InChI=1S/C29H24F4N4O4S2/c1-19-26(27(38)36-43(39,40)18-23-3-2-4-24(30)15-23)35-28(42-19)37(14-13-20-5-7-21(16-34)8-6-20)17-22-9-11-25(12-10-22)41-29(31,32)33/h2-12,15H,13-14,17-18H2,1H3,(H,36,38). The fraction of sp³-hybridized carbons (Fsp3) is 0.207. The van der Waals surface area contributed by atoms with Gasteiger partial charge in [0.05, 0.1) is 17.4 Å². The minimum Gasteiger partial charge on any atom is -0.406 e. The number of halogens is 4. The first-order valence-corrected chi connectivity index (χ1v) is 15.1. The zero-order valence-corrected chi connectivity index (χ0v) is 24.2. The molecule has 4 rings (SSSR count). The van der Waals surface area contributed by atoms with Gasteiger partial charge in [-0.15, -0.1) is 24.5 Å². The molecule has 3 aromatic carbocycles. The first kappa shape index (κ1) is 31.5. The van der Waals surface area contributed by atoms with Crippen LogP contribution >= 0.6 is 11.3 Å². The second-order valence-electron chi connectivity index (χ2n) is 9.39. The van der Waals surface area contributed by atoms with Crippen LogP contribution in [-0.4, -0.2) is 32.2 Å². The van der Waals surface area contributed by atoms with Gasteiger partial charge in [0.2, 0.25) is 10.0 Å². The van der Waals surface area contributed by atoms with Gasteiger partial charge in [-0.1, -0.05) is 36.4 Å². The zero-order chi connectivity index (χ0) is 31.2. The molecule has 1 aromatic heterocycles. The molecular weight excluding hydrogens is 608 g/mol. The minimum atomic E-state index is -4.82. The molecule has 1 heterocycles. The molecule has 0 bridgehead atoms. The second-order valence-corrected chi connectivity index (χ2v) is 12.3. The monoisotopic (exact) mass is 632 g/mol. The van der Waals surface area contributed by atoms with Crippen LogP contribution in [0.4, 0.5) is 22.7 Å². The van der Waals surface area contributed by atoms with Crippen LogP contribution in [0.3, 0.4) is 0 Å². The van der Waals surface area contributed by atoms with Crippen LogP contribution in [0, 0.1) is 24.1 Å². The number of hydrogen-bond acceptors (Lipinski definition) is 8. The summed E-state index contributed by atoms with van der Waals surface area (Å²) in [6.07, 6.45) is -4.32. The topological polar surface area (TPSA) is 112 Å². The number of nitriles is 1. The predicted molar refractivity (Wildman–Crippen MR) is 152 cm³/mol. The van der Waals surface area contributed by atoms with Gasteiger partial charge in [-0.05, 0) is 66.4 Å². The van der Waals surface area contributed by atoms with Crippen molar-refractivity contribution in [1.82, 2.24) is 9.71 Å². The number of aromatic nitrogens is 1. The Balaban J connectivity index is 1.54. The lowest BCUT2D eigenvalue weighted by Gasteiger charge is -2.22. The average molecular weight is 633 g/mol. The number of nitrogens with one attached hydrogen (secondary N) is 1. The highest BCUT2D eigenvalue weighted by molar-refractivity contribution is 7.89. The number of rotatable bonds is 11. The second kappa shape index (κ2) is 13.2. The van der Waals surface area contributed by atoms with Crippen molar-refractivity contribution in [2.45, 2.75) is 32.0 Å². The highest BCUT2D eigenvalue weighted by atomic mass is 32.2. The molecule has 0 fully saturated rings. The van der Waals surface area contributed by atoms with Crippen molar-refractivity contribution in [3.05, 3.63) is 111 Å². The van der Waals surface area contributed by atoms with Crippen LogP contribution in [0.15, 0.2) is 72.8 Å². The Labute approximate surface area is 249 Å². The Morgan fingerprint density at radius 2 is 1.72 bits per heavy atom. The maximum atomic E-state index is 13.5. The molecule has 0 unspecified atom stereocenters. The highest BCUT2D eigenvalue weighted by Crippen LogP contribution is 2.29. The van der Waals surface area contributed by atoms with Crippen molar-refractivity contribution >= 4 is 32.4 Å². The number of carbonyl (C=O) groups excluding carboxylic acids is 1. The van der Waals surface area contributed by atoms with Gasteiger partial charge in [0.15, 0.2) is 5.13 Å². The summed E-state index contributed by atoms with van der Waals surface area (Å²) < 4.78 is 82.4. The molecule has 4 aromatic rings. The number of nitrogens with zero attached hydrogens (tertiary/aromatic N) is 3. The van der Waals surface area contributed by atoms with E-state index in [0.29, 0.717) is 34.1 Å². The van der Waals surface area contributed by atoms with Gasteiger partial charge in [0, 0.05) is 18.0 Å². The minimum absolute atomic E-state index is 0.111. The van der Waals surface area contributed by atoms with E-state index in [0.717, 1.165) is 23.0 Å². The van der Waals surface area contributed by atoms with Crippen LogP contribution in [0.5, 0.6) is 5.75 Å². The number of aryl methyl sites for hydroxylation is 1. The van der Waals surface area contributed by atoms with Gasteiger partial charge in [-0.25, -0.2) is 22.5 Å². The molecule has 1 amide bonds. The van der Waals surface area contributed by atoms with Crippen LogP contribution in [-0.2, 0) is 28.7 Å². The van der Waals surface area contributed by atoms with E-state index in [1.165, 1.54) is 42.5 Å². The Kier molecular flexibility index (Phi) is 9.67. The largest absolute Gasteiger partial charge is 0.573 e. The number of sulfonamides is 1. The lowest BCUT2D eigenvalue weighted by molar-refractivity contribution is -0.274. The normalized spacial score (nSPS) is 11.5. The maximum Gasteiger partial charge on any atom is 0.573 e. The number of anilines is 1. The van der Waals surface area contributed by atoms with E-state index in [1.807, 2.05) is 9.62 Å². The number of ether oxygens (including phenoxy) is 1. The Morgan fingerprint density at radius 3 is 2.35 bits per heavy atom. The van der Waals surface area contributed by atoms with Crippen LogP contribution in [0.25, 0.3) is 0 Å². The third-order valence-electron chi connectivity index (χ3n) is 6.05. The van der Waals surface area contributed by atoms with Gasteiger partial charge in [0.25, 0.3) is 5.91 Å². The molecular formula is C29H24F4N4O4S2. The number of thiazole rings is 1. The average Bonchev–Trinajstić information content (AvgIpc) is 3.32. The summed E-state index contributed by atoms with van der Waals surface area (Å²) in [6.45, 7) is 2.18. The van der Waals surface area contributed by atoms with Gasteiger partial charge in [-0.2, -0.15) is 5.26 Å². The summed E-state index contributed by atoms with van der Waals surface area (Å²) in [5, 5.41) is 9.43. The molecule has 1 N–H and O–H groups in total. The maximum absolute atomic E-state index is 13.5. The van der Waals surface area contributed by atoms with E-state index in [4.69, 9.17) is 5.26 Å². The van der Waals surface area contributed by atoms with E-state index in [-0.39, 0.29) is 23.6 Å². The number of benzene rings is 3. The molecule has 43 heavy (non-hydrogen) atoms. The zero-order valence-electron chi connectivity index (χ0n) is 22.6. The van der Waals surface area contributed by atoms with Gasteiger partial charge < -0.3 is 9.64 Å². The molecule has 8 nitrogen and oxygen atoms in total. The quantitative estimate of drug-likeness (QED) is 0.206. The molecule has 0 aliphatic rings. The molecule has 0 aliphatic heterocycles. The summed E-state index contributed by atoms with van der Waals surface area (Å²) >= 11 is 1.15. The molecule has 0 radical (unpaired) electrons. The van der Waals surface area contributed by atoms with Crippen molar-refractivity contribution in [1.29, 1.82) is 5.26 Å². The summed E-state index contributed by atoms with van der Waals surface area (Å²) in [4.78, 5) is 19.6. The first-order chi connectivity index (χ1) is 20.3. The molecule has 0 spiro atoms. The Bertz CT molecular complexity index is 1730. The van der Waals surface area contributed by atoms with Crippen LogP contribution in [0.1, 0.15) is 37.6 Å². The molecule has 14 heteroatoms. The fourth-order valence-electron chi connectivity index (χ4n) is 4.07. The van der Waals surface area contributed by atoms with Crippen molar-refractivity contribution in [2.24, 2.45) is 0 Å². The first-order valence-electron chi connectivity index (χ1n) is 12.7. The Hall–Kier alpha value is -4.48. The smallest absolute Gasteiger partial charge is 0.406 e. The predicted octanol–water partition coefficient (Wildman–Crippen LogP) is 5.87. The number of amides is 1. The summed E-state index contributed by atoms with van der Waals surface area (Å²) in [5.74, 6) is -2.54. The lowest BCUT2D eigenvalue weighted by atomic mass is 10.1. The van der Waals surface area contributed by atoms with E-state index in [2.05, 4.69) is 15.8 Å². The lowest BCUT2D eigenvalue weighted by Crippen LogP contribution is -2.32. The fourth-order valence-corrected chi connectivity index (χ4v) is 6.07. The van der Waals surface area contributed by atoms with E-state index in [9.17, 15) is 30.8 Å².